The molecular formula is C17H19N3O3S. The number of carbonyl (C=O) groups is 1. The SMILES string of the molecule is CC(=O)N1c2ccc(S(=O)(=O)N(C)c3ccccn3)cc2C[C@H]1C. The molecule has 0 N–H and O–H groups in total. The minimum Gasteiger partial charge on any atom is -0.309 e. The molecule has 1 aromatic heterocycles. The van der Waals surface area contributed by atoms with Crippen molar-refractivity contribution < 1.29 is 13.2 Å². The van der Waals surface area contributed by atoms with E-state index in [-0.39, 0.29) is 16.8 Å². The Morgan fingerprint density at radius 3 is 2.67 bits per heavy atom. The third-order valence-corrected chi connectivity index (χ3v) is 5.99. The van der Waals surface area contributed by atoms with Crippen LogP contribution in [0.4, 0.5) is 11.5 Å². The molecule has 0 fully saturated rings. The highest BCUT2D eigenvalue weighted by Gasteiger charge is 2.31. The maximum atomic E-state index is 12.8. The summed E-state index contributed by atoms with van der Waals surface area (Å²) in [7, 11) is -2.22. The molecule has 6 nitrogen and oxygen atoms in total. The lowest BCUT2D eigenvalue weighted by atomic mass is 10.1. The van der Waals surface area contributed by atoms with Crippen LogP contribution >= 0.6 is 0 Å². The molecule has 1 amide bonds. The minimum absolute atomic E-state index is 0.0315. The predicted octanol–water partition coefficient (Wildman–Crippen LogP) is 2.20. The summed E-state index contributed by atoms with van der Waals surface area (Å²) in [6.07, 6.45) is 2.20. The monoisotopic (exact) mass is 345 g/mol. The van der Waals surface area contributed by atoms with Gasteiger partial charge < -0.3 is 4.90 Å². The van der Waals surface area contributed by atoms with Crippen LogP contribution in [0.1, 0.15) is 19.4 Å². The number of fused-ring (bicyclic) bond motifs is 1. The van der Waals surface area contributed by atoms with Crippen LogP contribution in [-0.2, 0) is 21.2 Å². The molecule has 1 aliphatic heterocycles. The molecule has 0 unspecified atom stereocenters. The number of hydrogen-bond acceptors (Lipinski definition) is 4. The molecule has 1 atom stereocenters. The Kier molecular flexibility index (Phi) is 4.04. The molecule has 1 aromatic carbocycles. The van der Waals surface area contributed by atoms with Crippen molar-refractivity contribution in [1.82, 2.24) is 4.98 Å². The molecule has 2 heterocycles. The molecule has 1 aliphatic rings. The number of anilines is 2. The lowest BCUT2D eigenvalue weighted by Gasteiger charge is -2.21. The lowest BCUT2D eigenvalue weighted by Crippen LogP contribution is -2.33. The van der Waals surface area contributed by atoms with Crippen molar-refractivity contribution in [2.75, 3.05) is 16.3 Å². The summed E-state index contributed by atoms with van der Waals surface area (Å²) >= 11 is 0. The summed E-state index contributed by atoms with van der Waals surface area (Å²) in [6, 6.07) is 10.1. The van der Waals surface area contributed by atoms with E-state index in [0.29, 0.717) is 12.2 Å². The van der Waals surface area contributed by atoms with Crippen molar-refractivity contribution in [3.8, 4) is 0 Å². The largest absolute Gasteiger partial charge is 0.309 e. The molecule has 0 radical (unpaired) electrons. The zero-order valence-electron chi connectivity index (χ0n) is 13.8. The van der Waals surface area contributed by atoms with Gasteiger partial charge in [0.25, 0.3) is 10.0 Å². The van der Waals surface area contributed by atoms with Crippen LogP contribution in [0.15, 0.2) is 47.5 Å². The summed E-state index contributed by atoms with van der Waals surface area (Å²) in [4.78, 5) is 17.8. The lowest BCUT2D eigenvalue weighted by molar-refractivity contribution is -0.116. The Morgan fingerprint density at radius 2 is 2.04 bits per heavy atom. The Balaban J connectivity index is 2.00. The Bertz CT molecular complexity index is 881. The maximum Gasteiger partial charge on any atom is 0.265 e. The van der Waals surface area contributed by atoms with Crippen LogP contribution in [0, 0.1) is 0 Å². The number of pyridine rings is 1. The quantitative estimate of drug-likeness (QED) is 0.855. The van der Waals surface area contributed by atoms with Gasteiger partial charge in [-0.2, -0.15) is 0 Å². The molecule has 0 spiro atoms. The van der Waals surface area contributed by atoms with Gasteiger partial charge in [0, 0.05) is 31.9 Å². The zero-order chi connectivity index (χ0) is 17.5. The first kappa shape index (κ1) is 16.4. The van der Waals surface area contributed by atoms with Gasteiger partial charge in [0.2, 0.25) is 5.91 Å². The maximum absolute atomic E-state index is 12.8. The zero-order valence-corrected chi connectivity index (χ0v) is 14.6. The van der Waals surface area contributed by atoms with Crippen LogP contribution in [0.5, 0.6) is 0 Å². The first-order valence-electron chi connectivity index (χ1n) is 7.65. The van der Waals surface area contributed by atoms with Gasteiger partial charge in [-0.1, -0.05) is 6.07 Å². The average Bonchev–Trinajstić information content (AvgIpc) is 2.89. The smallest absolute Gasteiger partial charge is 0.265 e. The fourth-order valence-electron chi connectivity index (χ4n) is 3.07. The molecule has 7 heteroatoms. The molecule has 3 rings (SSSR count). The Morgan fingerprint density at radius 1 is 1.29 bits per heavy atom. The second kappa shape index (κ2) is 5.90. The minimum atomic E-state index is -3.70. The van der Waals surface area contributed by atoms with Crippen LogP contribution in [0.3, 0.4) is 0 Å². The van der Waals surface area contributed by atoms with Crippen molar-refractivity contribution in [3.05, 3.63) is 48.2 Å². The molecular weight excluding hydrogens is 326 g/mol. The van der Waals surface area contributed by atoms with E-state index in [9.17, 15) is 13.2 Å². The number of rotatable bonds is 3. The summed E-state index contributed by atoms with van der Waals surface area (Å²) < 4.78 is 26.8. The van der Waals surface area contributed by atoms with E-state index in [2.05, 4.69) is 4.98 Å². The van der Waals surface area contributed by atoms with Gasteiger partial charge in [0.1, 0.15) is 5.82 Å². The van der Waals surface area contributed by atoms with Gasteiger partial charge in [-0.3, -0.25) is 9.10 Å². The molecule has 24 heavy (non-hydrogen) atoms. The van der Waals surface area contributed by atoms with Crippen LogP contribution in [-0.4, -0.2) is 32.4 Å². The first-order valence-corrected chi connectivity index (χ1v) is 9.09. The van der Waals surface area contributed by atoms with Crippen molar-refractivity contribution in [3.63, 3.8) is 0 Å². The van der Waals surface area contributed by atoms with E-state index in [4.69, 9.17) is 0 Å². The van der Waals surface area contributed by atoms with Crippen molar-refractivity contribution in [2.45, 2.75) is 31.2 Å². The highest BCUT2D eigenvalue weighted by atomic mass is 32.2. The van der Waals surface area contributed by atoms with Crippen molar-refractivity contribution in [1.29, 1.82) is 0 Å². The van der Waals surface area contributed by atoms with Gasteiger partial charge in [-0.05, 0) is 49.2 Å². The second-order valence-electron chi connectivity index (χ2n) is 5.89. The Labute approximate surface area is 141 Å². The molecule has 0 saturated carbocycles. The summed E-state index contributed by atoms with van der Waals surface area (Å²) in [5.41, 5.74) is 1.66. The average molecular weight is 345 g/mol. The normalized spacial score (nSPS) is 16.8. The van der Waals surface area contributed by atoms with Gasteiger partial charge in [-0.15, -0.1) is 0 Å². The van der Waals surface area contributed by atoms with E-state index in [1.165, 1.54) is 14.0 Å². The summed E-state index contributed by atoms with van der Waals surface area (Å²) in [5, 5.41) is 0. The fraction of sp³-hybridized carbons (Fsp3) is 0.294. The number of nitrogens with zero attached hydrogens (tertiary/aromatic N) is 3. The van der Waals surface area contributed by atoms with Crippen LogP contribution in [0.25, 0.3) is 0 Å². The standard InChI is InChI=1S/C17H19N3O3S/c1-12-10-14-11-15(7-8-16(14)20(12)13(2)21)24(22,23)19(3)17-6-4-5-9-18-17/h4-9,11-12H,10H2,1-3H3/t12-/m1/s1. The molecule has 0 saturated heterocycles. The van der Waals surface area contributed by atoms with Gasteiger partial charge in [0.15, 0.2) is 0 Å². The highest BCUT2D eigenvalue weighted by Crippen LogP contribution is 2.34. The van der Waals surface area contributed by atoms with Gasteiger partial charge in [0.05, 0.1) is 4.90 Å². The second-order valence-corrected chi connectivity index (χ2v) is 7.86. The van der Waals surface area contributed by atoms with Crippen molar-refractivity contribution in [2.24, 2.45) is 0 Å². The number of sulfonamides is 1. The third-order valence-electron chi connectivity index (χ3n) is 4.24. The number of carbonyl (C=O) groups excluding carboxylic acids is 1. The van der Waals surface area contributed by atoms with E-state index in [1.807, 2.05) is 6.92 Å². The highest BCUT2D eigenvalue weighted by molar-refractivity contribution is 7.92. The van der Waals surface area contributed by atoms with Gasteiger partial charge >= 0.3 is 0 Å². The number of amides is 1. The predicted molar refractivity (Wildman–Crippen MR) is 92.6 cm³/mol. The molecule has 0 aliphatic carbocycles. The molecule has 2 aromatic rings. The third kappa shape index (κ3) is 2.65. The van der Waals surface area contributed by atoms with E-state index in [0.717, 1.165) is 15.6 Å². The molecule has 0 bridgehead atoms. The molecule has 126 valence electrons. The van der Waals surface area contributed by atoms with Crippen molar-refractivity contribution >= 4 is 27.4 Å². The van der Waals surface area contributed by atoms with Gasteiger partial charge in [-0.25, -0.2) is 13.4 Å². The number of hydrogen-bond donors (Lipinski definition) is 0. The van der Waals surface area contributed by atoms with E-state index in [1.54, 1.807) is 47.5 Å². The number of benzene rings is 1. The van der Waals surface area contributed by atoms with Crippen LogP contribution in [0.2, 0.25) is 0 Å². The van der Waals surface area contributed by atoms with E-state index >= 15 is 0 Å². The van der Waals surface area contributed by atoms with E-state index < -0.39 is 10.0 Å². The summed E-state index contributed by atoms with van der Waals surface area (Å²) in [5.74, 6) is 0.319. The van der Waals surface area contributed by atoms with Crippen LogP contribution < -0.4 is 9.21 Å². The first-order chi connectivity index (χ1) is 11.3. The fourth-order valence-corrected chi connectivity index (χ4v) is 4.27. The summed E-state index contributed by atoms with van der Waals surface area (Å²) in [6.45, 7) is 3.47. The number of aromatic nitrogens is 1. The Hall–Kier alpha value is -2.41. The topological polar surface area (TPSA) is 70.6 Å².